The third kappa shape index (κ3) is 12.2. The van der Waals surface area contributed by atoms with Crippen molar-refractivity contribution < 1.29 is 14.3 Å². The minimum atomic E-state index is -0.157. The van der Waals surface area contributed by atoms with Gasteiger partial charge in [0.2, 0.25) is 0 Å². The van der Waals surface area contributed by atoms with E-state index >= 15 is 0 Å². The molecule has 3 heterocycles. The topological polar surface area (TPSA) is 154 Å². The van der Waals surface area contributed by atoms with Gasteiger partial charge in [0.25, 0.3) is 5.56 Å². The first kappa shape index (κ1) is 32.0. The van der Waals surface area contributed by atoms with Crippen LogP contribution >= 0.6 is 23.5 Å². The first-order valence-corrected chi connectivity index (χ1v) is 14.0. The number of ether oxygens (including phenoxy) is 1. The molecular weight excluding hydrogens is 512 g/mol. The van der Waals surface area contributed by atoms with Gasteiger partial charge in [0, 0.05) is 41.3 Å². The van der Waals surface area contributed by atoms with Crippen LogP contribution in [0.3, 0.4) is 0 Å². The van der Waals surface area contributed by atoms with Crippen LogP contribution in [-0.4, -0.2) is 55.8 Å². The quantitative estimate of drug-likeness (QED) is 0.117. The van der Waals surface area contributed by atoms with E-state index in [4.69, 9.17) is 5.73 Å². The number of thioether (sulfide) groups is 2. The summed E-state index contributed by atoms with van der Waals surface area (Å²) in [5, 5.41) is 2.24. The number of aryl methyl sites for hydroxylation is 1. The summed E-state index contributed by atoms with van der Waals surface area (Å²) in [6.07, 6.45) is 8.95. The van der Waals surface area contributed by atoms with Crippen molar-refractivity contribution in [3.63, 3.8) is 0 Å². The zero-order chi connectivity index (χ0) is 27.6. The highest BCUT2D eigenvalue weighted by molar-refractivity contribution is 7.99. The molecule has 0 aromatic carbocycles. The largest absolute Gasteiger partial charge is 0.469 e. The highest BCUT2D eigenvalue weighted by Crippen LogP contribution is 2.17. The number of rotatable bonds is 10. The molecule has 0 bridgehead atoms. The number of hydrogen-bond acceptors (Lipinski definition) is 11. The van der Waals surface area contributed by atoms with Crippen LogP contribution in [0.2, 0.25) is 0 Å². The number of aromatic amines is 1. The van der Waals surface area contributed by atoms with Crippen molar-refractivity contribution in [1.29, 1.82) is 0 Å². The number of esters is 1. The molecule has 0 saturated heterocycles. The van der Waals surface area contributed by atoms with Crippen molar-refractivity contribution in [2.45, 2.75) is 70.1 Å². The minimum absolute atomic E-state index is 0.0827. The van der Waals surface area contributed by atoms with Crippen LogP contribution in [0.1, 0.15) is 68.8 Å². The molecule has 0 aliphatic rings. The summed E-state index contributed by atoms with van der Waals surface area (Å²) >= 11 is 3.19. The molecule has 0 unspecified atom stereocenters. The SMILES string of the molecule is CCC(=O)OC.CCCCSc1ncc(C=O)c(N)n1.CCCCSc1ncc2cc(C)c(=O)[nH]c2n1. The van der Waals surface area contributed by atoms with Crippen LogP contribution in [0, 0.1) is 6.92 Å². The molecule has 3 aromatic rings. The average Bonchev–Trinajstić information content (AvgIpc) is 2.90. The number of unbranched alkanes of at least 4 members (excludes halogenated alkanes) is 2. The number of hydrogen-bond donors (Lipinski definition) is 2. The van der Waals surface area contributed by atoms with Gasteiger partial charge >= 0.3 is 5.97 Å². The molecule has 0 atom stereocenters. The number of carbonyl (C=O) groups excluding carboxylic acids is 2. The number of methoxy groups -OCH3 is 1. The van der Waals surface area contributed by atoms with Crippen LogP contribution in [-0.2, 0) is 9.53 Å². The summed E-state index contributed by atoms with van der Waals surface area (Å²) in [4.78, 5) is 51.3. The molecule has 0 saturated carbocycles. The Bertz CT molecular complexity index is 1180. The van der Waals surface area contributed by atoms with Crippen LogP contribution in [0.25, 0.3) is 11.0 Å². The van der Waals surface area contributed by atoms with E-state index in [2.05, 4.69) is 43.5 Å². The number of fused-ring (bicyclic) bond motifs is 1. The molecular formula is C25H36N6O4S2. The van der Waals surface area contributed by atoms with Crippen molar-refractivity contribution in [2.24, 2.45) is 0 Å². The Morgan fingerprint density at radius 3 is 2.14 bits per heavy atom. The molecule has 202 valence electrons. The molecule has 3 aromatic heterocycles. The van der Waals surface area contributed by atoms with E-state index in [9.17, 15) is 14.4 Å². The van der Waals surface area contributed by atoms with E-state index in [1.54, 1.807) is 43.6 Å². The summed E-state index contributed by atoms with van der Waals surface area (Å²) in [5.74, 6) is 2.10. The number of nitrogens with one attached hydrogen (secondary N) is 1. The highest BCUT2D eigenvalue weighted by atomic mass is 32.2. The van der Waals surface area contributed by atoms with E-state index in [1.807, 2.05) is 6.07 Å². The Kier molecular flexibility index (Phi) is 15.8. The van der Waals surface area contributed by atoms with Gasteiger partial charge in [-0.2, -0.15) is 0 Å². The molecule has 0 spiro atoms. The van der Waals surface area contributed by atoms with E-state index in [-0.39, 0.29) is 17.3 Å². The molecule has 3 N–H and O–H groups in total. The monoisotopic (exact) mass is 548 g/mol. The number of aldehydes is 1. The van der Waals surface area contributed by atoms with E-state index < -0.39 is 0 Å². The Morgan fingerprint density at radius 1 is 1.05 bits per heavy atom. The van der Waals surface area contributed by atoms with Crippen molar-refractivity contribution >= 4 is 52.6 Å². The van der Waals surface area contributed by atoms with Crippen LogP contribution < -0.4 is 11.3 Å². The molecule has 0 amide bonds. The van der Waals surface area contributed by atoms with Crippen LogP contribution in [0.15, 0.2) is 33.6 Å². The van der Waals surface area contributed by atoms with E-state index in [0.717, 1.165) is 47.7 Å². The number of carbonyl (C=O) groups is 2. The maximum atomic E-state index is 11.5. The van der Waals surface area contributed by atoms with Crippen molar-refractivity contribution in [3.05, 3.63) is 39.9 Å². The molecule has 0 radical (unpaired) electrons. The Hall–Kier alpha value is -2.99. The molecule has 0 fully saturated rings. The molecule has 3 rings (SSSR count). The first-order chi connectivity index (χ1) is 17.8. The Labute approximate surface area is 226 Å². The van der Waals surface area contributed by atoms with E-state index in [0.29, 0.717) is 34.6 Å². The summed E-state index contributed by atoms with van der Waals surface area (Å²) in [5.41, 5.74) is 7.12. The molecule has 10 nitrogen and oxygen atoms in total. The van der Waals surface area contributed by atoms with Gasteiger partial charge in [-0.15, -0.1) is 0 Å². The van der Waals surface area contributed by atoms with Gasteiger partial charge < -0.3 is 15.5 Å². The van der Waals surface area contributed by atoms with Gasteiger partial charge in [-0.05, 0) is 25.8 Å². The number of nitrogens with two attached hydrogens (primary N) is 1. The fourth-order valence-corrected chi connectivity index (χ4v) is 4.27. The number of nitrogen functional groups attached to an aromatic ring is 1. The summed E-state index contributed by atoms with van der Waals surface area (Å²) in [7, 11) is 1.38. The normalized spacial score (nSPS) is 10.1. The maximum absolute atomic E-state index is 11.5. The Morgan fingerprint density at radius 2 is 1.65 bits per heavy atom. The zero-order valence-electron chi connectivity index (χ0n) is 22.1. The van der Waals surface area contributed by atoms with Crippen molar-refractivity contribution in [3.8, 4) is 0 Å². The molecule has 0 aliphatic carbocycles. The lowest BCUT2D eigenvalue weighted by Crippen LogP contribution is -2.09. The second-order valence-corrected chi connectivity index (χ2v) is 9.81. The van der Waals surface area contributed by atoms with Crippen molar-refractivity contribution in [2.75, 3.05) is 24.3 Å². The van der Waals surface area contributed by atoms with Crippen molar-refractivity contribution in [1.82, 2.24) is 24.9 Å². The molecule has 37 heavy (non-hydrogen) atoms. The summed E-state index contributed by atoms with van der Waals surface area (Å²) in [6, 6.07) is 1.81. The van der Waals surface area contributed by atoms with Crippen LogP contribution in [0.5, 0.6) is 0 Å². The van der Waals surface area contributed by atoms with Gasteiger partial charge in [-0.25, -0.2) is 19.9 Å². The maximum Gasteiger partial charge on any atom is 0.305 e. The van der Waals surface area contributed by atoms with Gasteiger partial charge in [0.05, 0.1) is 12.7 Å². The lowest BCUT2D eigenvalue weighted by molar-refractivity contribution is -0.140. The lowest BCUT2D eigenvalue weighted by atomic mass is 10.2. The number of anilines is 1. The molecule has 12 heteroatoms. The van der Waals surface area contributed by atoms with Gasteiger partial charge in [0.15, 0.2) is 16.6 Å². The Balaban J connectivity index is 0.000000309. The smallest absolute Gasteiger partial charge is 0.305 e. The predicted octanol–water partition coefficient (Wildman–Crippen LogP) is 4.85. The third-order valence-electron chi connectivity index (χ3n) is 4.68. The molecule has 0 aliphatic heterocycles. The van der Waals surface area contributed by atoms with Gasteiger partial charge in [0.1, 0.15) is 11.5 Å². The fraction of sp³-hybridized carbons (Fsp3) is 0.480. The first-order valence-electron chi connectivity index (χ1n) is 12.1. The lowest BCUT2D eigenvalue weighted by Gasteiger charge is -2.01. The van der Waals surface area contributed by atoms with Gasteiger partial charge in [-0.3, -0.25) is 14.4 Å². The highest BCUT2D eigenvalue weighted by Gasteiger charge is 2.04. The second-order valence-electron chi connectivity index (χ2n) is 7.68. The minimum Gasteiger partial charge on any atom is -0.469 e. The average molecular weight is 549 g/mol. The number of H-pyrrole nitrogens is 1. The predicted molar refractivity (Wildman–Crippen MR) is 150 cm³/mol. The standard InChI is InChI=1S/C12H15N3OS.C9H13N3OS.C4H8O2/c1-3-4-5-17-12-13-7-9-6-8(2)11(16)14-10(9)15-12;1-2-3-4-14-9-11-5-7(6-13)8(10)12-9;1-3-4(5)6-2/h6-7H,3-5H2,1-2H3,(H,13,14,15,16);5-6H,2-4H2,1H3,(H2,10,11,12);3H2,1-2H3. The summed E-state index contributed by atoms with van der Waals surface area (Å²) in [6.45, 7) is 7.82. The van der Waals surface area contributed by atoms with Gasteiger partial charge in [-0.1, -0.05) is 57.1 Å². The zero-order valence-corrected chi connectivity index (χ0v) is 23.7. The van der Waals surface area contributed by atoms with Crippen LogP contribution in [0.4, 0.5) is 5.82 Å². The third-order valence-corrected chi connectivity index (χ3v) is 6.58. The second kappa shape index (κ2) is 18.3. The van der Waals surface area contributed by atoms with E-state index in [1.165, 1.54) is 13.3 Å². The number of aromatic nitrogens is 5. The fourth-order valence-electron chi connectivity index (χ4n) is 2.46. The summed E-state index contributed by atoms with van der Waals surface area (Å²) < 4.78 is 4.26. The number of nitrogens with zero attached hydrogens (tertiary/aromatic N) is 4. The number of pyridine rings is 1.